The molecule has 3 atom stereocenters. The lowest BCUT2D eigenvalue weighted by molar-refractivity contribution is 0.0590. The summed E-state index contributed by atoms with van der Waals surface area (Å²) < 4.78 is 16.2. The number of ether oxygens (including phenoxy) is 1. The molecule has 2 N–H and O–H groups in total. The Labute approximate surface area is 117 Å². The van der Waals surface area contributed by atoms with Crippen molar-refractivity contribution in [3.05, 3.63) is 29.8 Å². The van der Waals surface area contributed by atoms with Crippen LogP contribution in [0.2, 0.25) is 0 Å². The Morgan fingerprint density at radius 2 is 2.00 bits per heavy atom. The highest BCUT2D eigenvalue weighted by molar-refractivity contribution is 7.84. The maximum atomic E-state index is 11.3. The molecule has 1 rings (SSSR count). The zero-order valence-electron chi connectivity index (χ0n) is 11.8. The minimum atomic E-state index is -0.932. The van der Waals surface area contributed by atoms with Crippen LogP contribution in [0.3, 0.4) is 0 Å². The van der Waals surface area contributed by atoms with Gasteiger partial charge in [0.05, 0.1) is 12.7 Å². The Morgan fingerprint density at radius 1 is 1.37 bits per heavy atom. The van der Waals surface area contributed by atoms with Gasteiger partial charge in [0.2, 0.25) is 0 Å². The molecule has 1 aromatic rings. The second kappa shape index (κ2) is 8.43. The molecule has 0 saturated carbocycles. The highest BCUT2D eigenvalue weighted by atomic mass is 32.2. The van der Waals surface area contributed by atoms with Crippen molar-refractivity contribution in [2.24, 2.45) is 0 Å². The topological polar surface area (TPSA) is 58.6 Å². The average Bonchev–Trinajstić information content (AvgIpc) is 2.39. The summed E-state index contributed by atoms with van der Waals surface area (Å²) in [5, 5.41) is 12.9. The highest BCUT2D eigenvalue weighted by Crippen LogP contribution is 2.14. The molecule has 19 heavy (non-hydrogen) atoms. The molecule has 0 aromatic heterocycles. The Morgan fingerprint density at radius 3 is 2.53 bits per heavy atom. The third kappa shape index (κ3) is 5.82. The van der Waals surface area contributed by atoms with Crippen molar-refractivity contribution >= 4 is 10.8 Å². The van der Waals surface area contributed by atoms with Gasteiger partial charge in [0, 0.05) is 35.1 Å². The lowest BCUT2D eigenvalue weighted by atomic mass is 10.1. The SMILES string of the molecule is COCC(O)CCNC(C)c1ccc(S(C)=O)cc1. The molecule has 0 aliphatic rings. The van der Waals surface area contributed by atoms with Crippen molar-refractivity contribution in [3.8, 4) is 0 Å². The number of nitrogens with one attached hydrogen (secondary N) is 1. The predicted octanol–water partition coefficient (Wildman–Crippen LogP) is 1.47. The van der Waals surface area contributed by atoms with Gasteiger partial charge in [-0.05, 0) is 37.6 Å². The molecule has 0 fully saturated rings. The summed E-state index contributed by atoms with van der Waals surface area (Å²) in [6.45, 7) is 3.17. The largest absolute Gasteiger partial charge is 0.391 e. The summed E-state index contributed by atoms with van der Waals surface area (Å²) in [6.07, 6.45) is 1.91. The Kier molecular flexibility index (Phi) is 7.23. The molecule has 3 unspecified atom stereocenters. The first-order chi connectivity index (χ1) is 9.04. The molecule has 1 aromatic carbocycles. The van der Waals surface area contributed by atoms with Crippen LogP contribution in [-0.4, -0.2) is 41.9 Å². The lowest BCUT2D eigenvalue weighted by Crippen LogP contribution is -2.25. The van der Waals surface area contributed by atoms with Crippen LogP contribution in [0, 0.1) is 0 Å². The van der Waals surface area contributed by atoms with Crippen LogP contribution in [-0.2, 0) is 15.5 Å². The Bertz CT molecular complexity index is 394. The zero-order valence-corrected chi connectivity index (χ0v) is 12.6. The van der Waals surface area contributed by atoms with Gasteiger partial charge in [-0.25, -0.2) is 0 Å². The van der Waals surface area contributed by atoms with E-state index in [1.807, 2.05) is 24.3 Å². The van der Waals surface area contributed by atoms with Gasteiger partial charge in [0.25, 0.3) is 0 Å². The van der Waals surface area contributed by atoms with Crippen LogP contribution >= 0.6 is 0 Å². The molecule has 0 saturated heterocycles. The maximum absolute atomic E-state index is 11.3. The van der Waals surface area contributed by atoms with E-state index in [2.05, 4.69) is 12.2 Å². The van der Waals surface area contributed by atoms with Crippen molar-refractivity contribution in [2.75, 3.05) is 26.5 Å². The molecule has 4 nitrogen and oxygen atoms in total. The standard InChI is InChI=1S/C14H23NO3S/c1-11(15-9-8-13(16)10-18-2)12-4-6-14(7-5-12)19(3)17/h4-7,11,13,15-16H,8-10H2,1-3H3. The fourth-order valence-corrected chi connectivity index (χ4v) is 2.33. The van der Waals surface area contributed by atoms with E-state index in [0.717, 1.165) is 17.0 Å². The van der Waals surface area contributed by atoms with Gasteiger partial charge < -0.3 is 15.2 Å². The first kappa shape index (κ1) is 16.3. The molecule has 0 heterocycles. The van der Waals surface area contributed by atoms with E-state index in [-0.39, 0.29) is 6.04 Å². The third-order valence-electron chi connectivity index (χ3n) is 3.00. The Hall–Kier alpha value is -0.750. The van der Waals surface area contributed by atoms with E-state index in [4.69, 9.17) is 4.74 Å². The van der Waals surface area contributed by atoms with Gasteiger partial charge >= 0.3 is 0 Å². The lowest BCUT2D eigenvalue weighted by Gasteiger charge is -2.16. The molecule has 0 bridgehead atoms. The van der Waals surface area contributed by atoms with E-state index >= 15 is 0 Å². The predicted molar refractivity (Wildman–Crippen MR) is 77.7 cm³/mol. The molecule has 5 heteroatoms. The number of aliphatic hydroxyl groups is 1. The second-order valence-electron chi connectivity index (χ2n) is 4.60. The maximum Gasteiger partial charge on any atom is 0.0785 e. The normalized spacial score (nSPS) is 16.0. The van der Waals surface area contributed by atoms with E-state index in [1.165, 1.54) is 0 Å². The van der Waals surface area contributed by atoms with Gasteiger partial charge in [-0.3, -0.25) is 4.21 Å². The zero-order chi connectivity index (χ0) is 14.3. The van der Waals surface area contributed by atoms with Gasteiger partial charge in [0.1, 0.15) is 0 Å². The highest BCUT2D eigenvalue weighted by Gasteiger charge is 2.07. The summed E-state index contributed by atoms with van der Waals surface area (Å²) in [4.78, 5) is 0.839. The first-order valence-electron chi connectivity index (χ1n) is 6.38. The molecule has 0 radical (unpaired) electrons. The van der Waals surface area contributed by atoms with Gasteiger partial charge in [-0.15, -0.1) is 0 Å². The number of hydrogen-bond acceptors (Lipinski definition) is 4. The van der Waals surface area contributed by atoms with Gasteiger partial charge in [-0.2, -0.15) is 0 Å². The van der Waals surface area contributed by atoms with Crippen molar-refractivity contribution in [3.63, 3.8) is 0 Å². The van der Waals surface area contributed by atoms with Gasteiger partial charge in [-0.1, -0.05) is 12.1 Å². The van der Waals surface area contributed by atoms with Crippen LogP contribution in [0.4, 0.5) is 0 Å². The van der Waals surface area contributed by atoms with Crippen LogP contribution in [0.1, 0.15) is 24.9 Å². The monoisotopic (exact) mass is 285 g/mol. The van der Waals surface area contributed by atoms with Crippen LogP contribution in [0.15, 0.2) is 29.2 Å². The third-order valence-corrected chi connectivity index (χ3v) is 3.94. The van der Waals surface area contributed by atoms with E-state index in [1.54, 1.807) is 13.4 Å². The quantitative estimate of drug-likeness (QED) is 0.759. The minimum Gasteiger partial charge on any atom is -0.391 e. The van der Waals surface area contributed by atoms with Crippen molar-refractivity contribution < 1.29 is 14.1 Å². The molecule has 0 spiro atoms. The first-order valence-corrected chi connectivity index (χ1v) is 7.94. The molecule has 0 aliphatic carbocycles. The summed E-state index contributed by atoms with van der Waals surface area (Å²) >= 11 is 0. The van der Waals surface area contributed by atoms with E-state index in [0.29, 0.717) is 13.0 Å². The summed E-state index contributed by atoms with van der Waals surface area (Å²) in [7, 11) is 0.650. The van der Waals surface area contributed by atoms with Crippen molar-refractivity contribution in [1.29, 1.82) is 0 Å². The van der Waals surface area contributed by atoms with E-state index in [9.17, 15) is 9.32 Å². The molecular weight excluding hydrogens is 262 g/mol. The molecule has 0 amide bonds. The Balaban J connectivity index is 2.40. The number of aliphatic hydroxyl groups excluding tert-OH is 1. The fraction of sp³-hybridized carbons (Fsp3) is 0.571. The number of hydrogen-bond donors (Lipinski definition) is 2. The number of rotatable bonds is 8. The van der Waals surface area contributed by atoms with Crippen molar-refractivity contribution in [2.45, 2.75) is 30.4 Å². The van der Waals surface area contributed by atoms with Gasteiger partial charge in [0.15, 0.2) is 0 Å². The molecular formula is C14H23NO3S. The molecule has 108 valence electrons. The van der Waals surface area contributed by atoms with E-state index < -0.39 is 16.9 Å². The van der Waals surface area contributed by atoms with Crippen LogP contribution in [0.5, 0.6) is 0 Å². The second-order valence-corrected chi connectivity index (χ2v) is 5.98. The summed E-state index contributed by atoms with van der Waals surface area (Å²) in [6, 6.07) is 7.96. The number of methoxy groups -OCH3 is 1. The molecule has 0 aliphatic heterocycles. The average molecular weight is 285 g/mol. The minimum absolute atomic E-state index is 0.203. The number of benzene rings is 1. The van der Waals surface area contributed by atoms with Crippen LogP contribution < -0.4 is 5.32 Å². The van der Waals surface area contributed by atoms with Crippen molar-refractivity contribution in [1.82, 2.24) is 5.32 Å². The summed E-state index contributed by atoms with van der Waals surface area (Å²) in [5.41, 5.74) is 1.15. The van der Waals surface area contributed by atoms with Crippen LogP contribution in [0.25, 0.3) is 0 Å². The smallest absolute Gasteiger partial charge is 0.0785 e. The fourth-order valence-electron chi connectivity index (χ4n) is 1.81. The summed E-state index contributed by atoms with van der Waals surface area (Å²) in [5.74, 6) is 0.